The Labute approximate surface area is 313 Å². The van der Waals surface area contributed by atoms with Gasteiger partial charge in [0.05, 0.1) is 22.5 Å². The monoisotopic (exact) mass is 732 g/mol. The molecule has 4 amide bonds. The Bertz CT molecular complexity index is 1580. The first-order chi connectivity index (χ1) is 24.7. The van der Waals surface area contributed by atoms with Crippen LogP contribution in [0, 0.1) is 0 Å². The van der Waals surface area contributed by atoms with Gasteiger partial charge < -0.3 is 36.3 Å². The van der Waals surface area contributed by atoms with Gasteiger partial charge in [0.25, 0.3) is 11.8 Å². The van der Waals surface area contributed by atoms with Crippen LogP contribution in [0.15, 0.2) is 73.1 Å². The second-order valence-corrected chi connectivity index (χ2v) is 16.0. The molecule has 0 aliphatic carbocycles. The van der Waals surface area contributed by atoms with Gasteiger partial charge in [0.1, 0.15) is 23.4 Å². The number of para-hydroxylation sites is 2. The quantitative estimate of drug-likeness (QED) is 0.184. The van der Waals surface area contributed by atoms with Gasteiger partial charge in [0.15, 0.2) is 0 Å². The fourth-order valence-corrected chi connectivity index (χ4v) is 6.03. The molecule has 0 saturated heterocycles. The largest absolute Gasteiger partial charge is 0.444 e. The van der Waals surface area contributed by atoms with Crippen LogP contribution in [0.2, 0.25) is 0 Å². The van der Waals surface area contributed by atoms with Crippen LogP contribution in [0.5, 0.6) is 0 Å². The van der Waals surface area contributed by atoms with Gasteiger partial charge in [0.2, 0.25) is 0 Å². The van der Waals surface area contributed by atoms with Crippen molar-refractivity contribution in [3.63, 3.8) is 0 Å². The van der Waals surface area contributed by atoms with Crippen molar-refractivity contribution in [2.75, 3.05) is 22.9 Å². The minimum absolute atomic E-state index is 0.292. The van der Waals surface area contributed by atoms with Crippen LogP contribution >= 0.6 is 0 Å². The Morgan fingerprint density at radius 3 is 1.34 bits per heavy atom. The average Bonchev–Trinajstić information content (AvgIpc) is 3.07. The Morgan fingerprint density at radius 1 is 0.623 bits per heavy atom. The van der Waals surface area contributed by atoms with E-state index in [9.17, 15) is 19.2 Å². The van der Waals surface area contributed by atoms with Crippen LogP contribution in [0.3, 0.4) is 0 Å². The highest BCUT2D eigenvalue weighted by Crippen LogP contribution is 2.42. The predicted molar refractivity (Wildman–Crippen MR) is 205 cm³/mol. The molecule has 2 unspecified atom stereocenters. The smallest absolute Gasteiger partial charge is 0.407 e. The van der Waals surface area contributed by atoms with Crippen LogP contribution in [-0.4, -0.2) is 59.4 Å². The summed E-state index contributed by atoms with van der Waals surface area (Å²) < 4.78 is 17.2. The van der Waals surface area contributed by atoms with Gasteiger partial charge in [-0.3, -0.25) is 19.4 Å². The Kier molecular flexibility index (Phi) is 12.8. The number of amides is 4. The van der Waals surface area contributed by atoms with E-state index in [0.717, 1.165) is 11.1 Å². The Balaban J connectivity index is 1.41. The van der Waals surface area contributed by atoms with Crippen molar-refractivity contribution in [1.82, 2.24) is 10.6 Å². The number of rotatable bonds is 12. The van der Waals surface area contributed by atoms with Crippen molar-refractivity contribution in [2.45, 2.75) is 116 Å². The number of carbonyl (C=O) groups excluding carboxylic acids is 4. The maximum Gasteiger partial charge on any atom is 0.407 e. The summed E-state index contributed by atoms with van der Waals surface area (Å²) in [5, 5.41) is 5.42. The molecular weight excluding hydrogens is 676 g/mol. The number of nitrogens with two attached hydrogens (primary N) is 2. The topological polar surface area (TPSA) is 179 Å². The summed E-state index contributed by atoms with van der Waals surface area (Å²) in [5.41, 5.74) is 12.4. The molecule has 0 radical (unpaired) electrons. The highest BCUT2D eigenvalue weighted by molar-refractivity contribution is 6.03. The lowest BCUT2D eigenvalue weighted by molar-refractivity contribution is -0.123. The molecule has 0 spiro atoms. The van der Waals surface area contributed by atoms with Crippen molar-refractivity contribution in [2.24, 2.45) is 11.5 Å². The number of anilines is 2. The first kappa shape index (κ1) is 41.0. The summed E-state index contributed by atoms with van der Waals surface area (Å²) in [6, 6.07) is 15.0. The SMILES string of the molecule is CC(C)(C)OC(=O)NCCC[C@](C)(N)C(=O)N1C=CC(OC2C=CN(C(=O)[C@@](C)(N)CCCNC(=O)OC(C)(C)C)c3ccccc32)c2ccccc21. The lowest BCUT2D eigenvalue weighted by atomic mass is 9.92. The van der Waals surface area contributed by atoms with Crippen LogP contribution in [0.25, 0.3) is 0 Å². The fourth-order valence-electron chi connectivity index (χ4n) is 6.03. The van der Waals surface area contributed by atoms with Crippen molar-refractivity contribution < 1.29 is 33.4 Å². The number of hydrogen-bond donors (Lipinski definition) is 4. The minimum atomic E-state index is -1.21. The van der Waals surface area contributed by atoms with E-state index in [1.54, 1.807) is 77.6 Å². The van der Waals surface area contributed by atoms with E-state index in [2.05, 4.69) is 10.6 Å². The summed E-state index contributed by atoms with van der Waals surface area (Å²) in [4.78, 5) is 54.8. The van der Waals surface area contributed by atoms with Crippen molar-refractivity contribution in [1.29, 1.82) is 0 Å². The lowest BCUT2D eigenvalue weighted by Crippen LogP contribution is -2.53. The van der Waals surface area contributed by atoms with Gasteiger partial charge in [-0.15, -0.1) is 0 Å². The molecule has 53 heavy (non-hydrogen) atoms. The molecule has 0 bridgehead atoms. The van der Waals surface area contributed by atoms with E-state index in [1.807, 2.05) is 60.7 Å². The van der Waals surface area contributed by atoms with E-state index in [1.165, 1.54) is 0 Å². The van der Waals surface area contributed by atoms with Crippen molar-refractivity contribution in [3.8, 4) is 0 Å². The number of ether oxygens (including phenoxy) is 3. The molecule has 0 fully saturated rings. The molecule has 4 rings (SSSR count). The number of benzene rings is 2. The van der Waals surface area contributed by atoms with E-state index in [0.29, 0.717) is 50.1 Å². The molecule has 2 aromatic carbocycles. The maximum atomic E-state index is 13.8. The summed E-state index contributed by atoms with van der Waals surface area (Å²) >= 11 is 0. The van der Waals surface area contributed by atoms with Gasteiger partial charge >= 0.3 is 12.2 Å². The second-order valence-electron chi connectivity index (χ2n) is 16.0. The third kappa shape index (κ3) is 11.1. The number of hydrogen-bond acceptors (Lipinski definition) is 9. The second kappa shape index (κ2) is 16.5. The zero-order valence-corrected chi connectivity index (χ0v) is 32.2. The van der Waals surface area contributed by atoms with Gasteiger partial charge in [0, 0.05) is 36.6 Å². The lowest BCUT2D eigenvalue weighted by Gasteiger charge is -2.37. The maximum absolute atomic E-state index is 13.8. The van der Waals surface area contributed by atoms with E-state index in [4.69, 9.17) is 25.7 Å². The zero-order valence-electron chi connectivity index (χ0n) is 32.2. The first-order valence-electron chi connectivity index (χ1n) is 18.1. The molecule has 0 aromatic heterocycles. The summed E-state index contributed by atoms with van der Waals surface area (Å²) in [6.45, 7) is 14.8. The summed E-state index contributed by atoms with van der Waals surface area (Å²) in [6.07, 6.45) is 6.55. The molecule has 0 saturated carbocycles. The van der Waals surface area contributed by atoms with Crippen LogP contribution in [0.1, 0.15) is 104 Å². The molecular formula is C40H56N6O7. The molecule has 4 atom stereocenters. The van der Waals surface area contributed by atoms with Crippen molar-refractivity contribution in [3.05, 3.63) is 84.2 Å². The van der Waals surface area contributed by atoms with Gasteiger partial charge in [-0.1, -0.05) is 36.4 Å². The predicted octanol–water partition coefficient (Wildman–Crippen LogP) is 6.25. The van der Waals surface area contributed by atoms with E-state index >= 15 is 0 Å². The number of carbonyl (C=O) groups is 4. The van der Waals surface area contributed by atoms with Gasteiger partial charge in [-0.2, -0.15) is 0 Å². The molecule has 13 heteroatoms. The molecule has 2 aliphatic heterocycles. The highest BCUT2D eigenvalue weighted by Gasteiger charge is 2.38. The normalized spacial score (nSPS) is 18.9. The number of nitrogens with zero attached hydrogens (tertiary/aromatic N) is 2. The highest BCUT2D eigenvalue weighted by atomic mass is 16.6. The molecule has 2 aromatic rings. The fraction of sp³-hybridized carbons (Fsp3) is 0.500. The van der Waals surface area contributed by atoms with Crippen molar-refractivity contribution >= 4 is 35.4 Å². The average molecular weight is 733 g/mol. The molecule has 13 nitrogen and oxygen atoms in total. The molecule has 288 valence electrons. The van der Waals surface area contributed by atoms with E-state index in [-0.39, 0.29) is 11.8 Å². The number of alkyl carbamates (subject to hydrolysis) is 2. The number of fused-ring (bicyclic) bond motifs is 2. The Hall–Kier alpha value is -4.72. The first-order valence-corrected chi connectivity index (χ1v) is 18.1. The minimum Gasteiger partial charge on any atom is -0.444 e. The third-order valence-electron chi connectivity index (χ3n) is 8.62. The zero-order chi connectivity index (χ0) is 39.2. The third-order valence-corrected chi connectivity index (χ3v) is 8.62. The molecule has 6 N–H and O–H groups in total. The molecule has 2 aliphatic rings. The Morgan fingerprint density at radius 2 is 0.981 bits per heavy atom. The summed E-state index contributed by atoms with van der Waals surface area (Å²) in [5.74, 6) is -0.584. The standard InChI is InChI=1S/C40H56N6O7/c1-37(2,3)52-35(49)43-23-13-21-39(7,41)33(47)45-25-19-31(27-15-9-11-17-29(27)45)51-32-20-26-46(30-18-12-10-16-28(30)32)34(48)40(8,42)22-14-24-44-36(50)53-38(4,5)6/h9-12,15-20,25-26,31-32H,13-14,21-24,41-42H2,1-8H3,(H,43,49)(H,44,50)/t31?,32?,39-,40-/m0/s1. The van der Waals surface area contributed by atoms with E-state index < -0.39 is 46.7 Å². The van der Waals surface area contributed by atoms with Gasteiger partial charge in [-0.25, -0.2) is 9.59 Å². The van der Waals surface area contributed by atoms with Crippen LogP contribution in [-0.2, 0) is 23.8 Å². The molecule has 2 heterocycles. The summed E-state index contributed by atoms with van der Waals surface area (Å²) in [7, 11) is 0. The van der Waals surface area contributed by atoms with Crippen LogP contribution < -0.4 is 31.9 Å². The van der Waals surface area contributed by atoms with Gasteiger partial charge in [-0.05, 0) is 105 Å². The number of nitrogens with one attached hydrogen (secondary N) is 2. The van der Waals surface area contributed by atoms with Crippen LogP contribution in [0.4, 0.5) is 21.0 Å².